The quantitative estimate of drug-likeness (QED) is 0.177. The minimum Gasteiger partial charge on any atom is -0.314 e. The molecule has 1 aliphatic rings. The van der Waals surface area contributed by atoms with Gasteiger partial charge in [-0.2, -0.15) is 0 Å². The molecule has 1 aliphatic heterocycles. The van der Waals surface area contributed by atoms with Crippen molar-refractivity contribution in [2.24, 2.45) is 0 Å². The van der Waals surface area contributed by atoms with Crippen molar-refractivity contribution in [2.45, 2.75) is 0 Å². The van der Waals surface area contributed by atoms with Crippen LogP contribution >= 0.6 is 7.14 Å². The second kappa shape index (κ2) is 11.2. The van der Waals surface area contributed by atoms with Gasteiger partial charge in [-0.1, -0.05) is 140 Å². The van der Waals surface area contributed by atoms with Gasteiger partial charge in [0.05, 0.1) is 0 Å². The van der Waals surface area contributed by atoms with E-state index < -0.39 is 7.14 Å². The maximum absolute atomic E-state index is 14.3. The second-order valence-electron chi connectivity index (χ2n) is 12.4. The molecule has 8 aromatic rings. The Morgan fingerprint density at radius 1 is 0.479 bits per heavy atom. The van der Waals surface area contributed by atoms with Gasteiger partial charge in [-0.3, -0.25) is 0 Å². The van der Waals surface area contributed by atoms with Crippen LogP contribution in [0.4, 0.5) is 0 Å². The van der Waals surface area contributed by atoms with E-state index in [0.29, 0.717) is 5.82 Å². The molecule has 5 heteroatoms. The van der Waals surface area contributed by atoms with Gasteiger partial charge in [-0.15, -0.1) is 5.10 Å². The number of fused-ring (bicyclic) bond motifs is 4. The molecule has 3 heterocycles. The van der Waals surface area contributed by atoms with Crippen LogP contribution in [-0.2, 0) is 4.57 Å². The molecule has 1 atom stereocenters. The summed E-state index contributed by atoms with van der Waals surface area (Å²) in [7, 11) is -2.74. The highest BCUT2D eigenvalue weighted by Gasteiger charge is 2.36. The molecule has 0 N–H and O–H groups in total. The SMILES string of the molecule is CP1(=O)c2ccccc2-c2cccc(-c3cccc(-c4cccc(-c5nc6c(-c7ccccc7)cc(-c7ccccc7)cn6n5)c4)c3)c21. The number of hydrogen-bond donors (Lipinski definition) is 0. The molecule has 0 amide bonds. The fourth-order valence-electron chi connectivity index (χ4n) is 7.08. The highest BCUT2D eigenvalue weighted by molar-refractivity contribution is 7.79. The van der Waals surface area contributed by atoms with E-state index >= 15 is 0 Å². The number of pyridine rings is 1. The Kier molecular flexibility index (Phi) is 6.60. The van der Waals surface area contributed by atoms with Gasteiger partial charge in [0.15, 0.2) is 11.5 Å². The Labute approximate surface area is 279 Å². The smallest absolute Gasteiger partial charge is 0.182 e. The molecular weight excluding hydrogens is 605 g/mol. The van der Waals surface area contributed by atoms with Crippen molar-refractivity contribution in [1.82, 2.24) is 14.6 Å². The third-order valence-corrected chi connectivity index (χ3v) is 12.0. The third kappa shape index (κ3) is 4.65. The van der Waals surface area contributed by atoms with E-state index in [9.17, 15) is 4.57 Å². The van der Waals surface area contributed by atoms with Gasteiger partial charge in [-0.05, 0) is 69.4 Å². The van der Waals surface area contributed by atoms with Gasteiger partial charge in [0.2, 0.25) is 0 Å². The van der Waals surface area contributed by atoms with Gasteiger partial charge in [-0.25, -0.2) is 9.50 Å². The lowest BCUT2D eigenvalue weighted by atomic mass is 9.95. The largest absolute Gasteiger partial charge is 0.314 e. The average Bonchev–Trinajstić information content (AvgIpc) is 3.69. The zero-order valence-corrected chi connectivity index (χ0v) is 27.2. The summed E-state index contributed by atoms with van der Waals surface area (Å²) in [5.41, 5.74) is 12.5. The van der Waals surface area contributed by atoms with E-state index in [1.807, 2.05) is 41.5 Å². The summed E-state index contributed by atoms with van der Waals surface area (Å²) in [5, 5.41) is 6.91. The van der Waals surface area contributed by atoms with Crippen LogP contribution in [0.2, 0.25) is 0 Å². The van der Waals surface area contributed by atoms with Crippen molar-refractivity contribution < 1.29 is 4.57 Å². The molecule has 4 nitrogen and oxygen atoms in total. The van der Waals surface area contributed by atoms with Crippen LogP contribution in [0.25, 0.3) is 72.7 Å². The van der Waals surface area contributed by atoms with Crippen LogP contribution < -0.4 is 10.6 Å². The van der Waals surface area contributed by atoms with Crippen LogP contribution in [0.5, 0.6) is 0 Å². The summed E-state index contributed by atoms with van der Waals surface area (Å²) in [6.45, 7) is 1.91. The first-order chi connectivity index (χ1) is 23.5. The summed E-state index contributed by atoms with van der Waals surface area (Å²) in [6.07, 6.45) is 2.06. The Morgan fingerprint density at radius 3 is 1.81 bits per heavy atom. The van der Waals surface area contributed by atoms with Crippen molar-refractivity contribution in [3.05, 3.63) is 164 Å². The minimum atomic E-state index is -2.74. The maximum atomic E-state index is 14.3. The molecule has 48 heavy (non-hydrogen) atoms. The predicted octanol–water partition coefficient (Wildman–Crippen LogP) is 9.99. The van der Waals surface area contributed by atoms with E-state index in [2.05, 4.69) is 134 Å². The van der Waals surface area contributed by atoms with E-state index in [-0.39, 0.29) is 0 Å². The zero-order valence-electron chi connectivity index (χ0n) is 26.3. The van der Waals surface area contributed by atoms with Gasteiger partial charge in [0.1, 0.15) is 7.14 Å². The van der Waals surface area contributed by atoms with Crippen molar-refractivity contribution in [3.8, 4) is 67.0 Å². The lowest BCUT2D eigenvalue weighted by Crippen LogP contribution is -2.11. The molecule has 228 valence electrons. The van der Waals surface area contributed by atoms with E-state index in [4.69, 9.17) is 10.1 Å². The van der Waals surface area contributed by atoms with E-state index in [1.165, 1.54) is 0 Å². The molecular formula is C43H30N3OP. The molecule has 0 radical (unpaired) electrons. The first kappa shape index (κ1) is 28.4. The number of nitrogens with zero attached hydrogens (tertiary/aromatic N) is 3. The van der Waals surface area contributed by atoms with Crippen LogP contribution in [0.1, 0.15) is 0 Å². The summed E-state index contributed by atoms with van der Waals surface area (Å²) < 4.78 is 16.2. The predicted molar refractivity (Wildman–Crippen MR) is 198 cm³/mol. The summed E-state index contributed by atoms with van der Waals surface area (Å²) in [5.74, 6) is 0.668. The Morgan fingerprint density at radius 2 is 1.04 bits per heavy atom. The lowest BCUT2D eigenvalue weighted by Gasteiger charge is -2.15. The monoisotopic (exact) mass is 635 g/mol. The Hall–Kier alpha value is -5.83. The van der Waals surface area contributed by atoms with Crippen molar-refractivity contribution in [2.75, 3.05) is 6.66 Å². The fraction of sp³-hybridized carbons (Fsp3) is 0.0233. The number of rotatable bonds is 5. The van der Waals surface area contributed by atoms with E-state index in [1.54, 1.807) is 0 Å². The van der Waals surface area contributed by atoms with Gasteiger partial charge in [0.25, 0.3) is 0 Å². The normalized spacial score (nSPS) is 14.9. The average molecular weight is 636 g/mol. The van der Waals surface area contributed by atoms with Gasteiger partial charge < -0.3 is 4.57 Å². The van der Waals surface area contributed by atoms with Crippen LogP contribution in [0.3, 0.4) is 0 Å². The molecule has 0 aliphatic carbocycles. The van der Waals surface area contributed by atoms with Gasteiger partial charge >= 0.3 is 0 Å². The zero-order chi connectivity index (χ0) is 32.2. The molecule has 0 spiro atoms. The first-order valence-electron chi connectivity index (χ1n) is 16.1. The Bertz CT molecular complexity index is 2550. The first-order valence-corrected chi connectivity index (χ1v) is 18.2. The van der Waals surface area contributed by atoms with Crippen LogP contribution in [0, 0.1) is 0 Å². The highest BCUT2D eigenvalue weighted by atomic mass is 31.2. The van der Waals surface area contributed by atoms with Crippen molar-refractivity contribution >= 4 is 23.4 Å². The summed E-state index contributed by atoms with van der Waals surface area (Å²) >= 11 is 0. The number of benzene rings is 6. The second-order valence-corrected chi connectivity index (χ2v) is 15.2. The Balaban J connectivity index is 1.13. The molecule has 0 saturated heterocycles. The molecule has 0 fully saturated rings. The molecule has 1 unspecified atom stereocenters. The van der Waals surface area contributed by atoms with Crippen LogP contribution in [0.15, 0.2) is 164 Å². The third-order valence-electron chi connectivity index (χ3n) is 9.37. The molecule has 9 rings (SSSR count). The van der Waals surface area contributed by atoms with E-state index in [0.717, 1.165) is 77.5 Å². The standard InChI is InChI=1S/C43H30N3OP/c1-48(47)40-24-9-8-21-37(40)38-23-12-22-36(41(38)48)33-19-10-17-31(25-33)32-18-11-20-34(26-32)42-44-43-39(30-15-6-3-7-16-30)27-35(28-46(43)45-42)29-13-4-2-5-14-29/h2-28H,1H3. The van der Waals surface area contributed by atoms with Crippen molar-refractivity contribution in [3.63, 3.8) is 0 Å². The summed E-state index contributed by atoms with van der Waals surface area (Å²) in [4.78, 5) is 5.09. The molecule has 0 bridgehead atoms. The maximum Gasteiger partial charge on any atom is 0.182 e. The fourth-order valence-corrected chi connectivity index (χ4v) is 9.66. The highest BCUT2D eigenvalue weighted by Crippen LogP contribution is 2.52. The van der Waals surface area contributed by atoms with Crippen LogP contribution in [-0.4, -0.2) is 21.3 Å². The van der Waals surface area contributed by atoms with Gasteiger partial charge in [0, 0.05) is 33.5 Å². The minimum absolute atomic E-state index is 0.668. The topological polar surface area (TPSA) is 47.3 Å². The molecule has 2 aromatic heterocycles. The number of aromatic nitrogens is 3. The number of hydrogen-bond acceptors (Lipinski definition) is 3. The lowest BCUT2D eigenvalue weighted by molar-refractivity contribution is 0.591. The summed E-state index contributed by atoms with van der Waals surface area (Å²) in [6, 6.07) is 54.3. The molecule has 0 saturated carbocycles. The molecule has 6 aromatic carbocycles. The van der Waals surface area contributed by atoms with Crippen molar-refractivity contribution in [1.29, 1.82) is 0 Å².